The van der Waals surface area contributed by atoms with Gasteiger partial charge < -0.3 is 0 Å². The molecule has 0 saturated heterocycles. The first-order valence-corrected chi connectivity index (χ1v) is 6.01. The van der Waals surface area contributed by atoms with Crippen molar-refractivity contribution in [3.8, 4) is 11.4 Å². The summed E-state index contributed by atoms with van der Waals surface area (Å²) < 4.78 is 2.08. The molecule has 17 heavy (non-hydrogen) atoms. The molecule has 3 aromatic rings. The van der Waals surface area contributed by atoms with Crippen LogP contribution in [0.2, 0.25) is 0 Å². The molecule has 0 aliphatic rings. The van der Waals surface area contributed by atoms with Crippen molar-refractivity contribution in [1.29, 1.82) is 0 Å². The van der Waals surface area contributed by atoms with Gasteiger partial charge in [0.05, 0.1) is 17.1 Å². The minimum Gasteiger partial charge on any atom is -0.299 e. The van der Waals surface area contributed by atoms with Gasteiger partial charge >= 0.3 is 0 Å². The molecular formula is C14H11ClN2. The zero-order valence-corrected chi connectivity index (χ0v) is 9.93. The lowest BCUT2D eigenvalue weighted by Gasteiger charge is -2.00. The van der Waals surface area contributed by atoms with Gasteiger partial charge in [0.15, 0.2) is 0 Å². The molecule has 0 fully saturated rings. The number of halogens is 1. The lowest BCUT2D eigenvalue weighted by atomic mass is 10.2. The molecule has 3 heteroatoms. The highest BCUT2D eigenvalue weighted by atomic mass is 35.5. The van der Waals surface area contributed by atoms with Crippen molar-refractivity contribution in [3.05, 3.63) is 60.4 Å². The largest absolute Gasteiger partial charge is 0.299 e. The molecule has 2 nitrogen and oxygen atoms in total. The van der Waals surface area contributed by atoms with Gasteiger partial charge in [-0.1, -0.05) is 36.4 Å². The Morgan fingerprint density at radius 1 is 1.00 bits per heavy atom. The van der Waals surface area contributed by atoms with Crippen molar-refractivity contribution in [2.24, 2.45) is 0 Å². The second-order valence-electron chi connectivity index (χ2n) is 3.84. The minimum atomic E-state index is 0.431. The molecule has 0 spiro atoms. The fourth-order valence-electron chi connectivity index (χ4n) is 1.99. The number of imidazole rings is 1. The second-order valence-corrected chi connectivity index (χ2v) is 4.10. The average molecular weight is 243 g/mol. The maximum atomic E-state index is 5.93. The van der Waals surface area contributed by atoms with Gasteiger partial charge in [-0.05, 0) is 12.1 Å². The summed E-state index contributed by atoms with van der Waals surface area (Å²) in [7, 11) is 0. The molecule has 0 saturated carbocycles. The Morgan fingerprint density at radius 3 is 2.53 bits per heavy atom. The van der Waals surface area contributed by atoms with Gasteiger partial charge in [0.2, 0.25) is 0 Å². The first-order valence-electron chi connectivity index (χ1n) is 5.47. The highest BCUT2D eigenvalue weighted by Gasteiger charge is 2.10. The van der Waals surface area contributed by atoms with Crippen molar-refractivity contribution in [2.45, 2.75) is 5.88 Å². The van der Waals surface area contributed by atoms with E-state index in [1.165, 1.54) is 0 Å². The van der Waals surface area contributed by atoms with E-state index in [9.17, 15) is 0 Å². The van der Waals surface area contributed by atoms with E-state index in [0.29, 0.717) is 5.88 Å². The minimum absolute atomic E-state index is 0.431. The van der Waals surface area contributed by atoms with E-state index in [1.807, 2.05) is 42.6 Å². The molecule has 84 valence electrons. The number of hydrogen-bond acceptors (Lipinski definition) is 1. The average Bonchev–Trinajstić information content (AvgIpc) is 2.78. The number of alkyl halides is 1. The van der Waals surface area contributed by atoms with E-state index < -0.39 is 0 Å². The topological polar surface area (TPSA) is 17.3 Å². The molecule has 2 aromatic heterocycles. The Balaban J connectivity index is 2.31. The molecule has 0 bridgehead atoms. The number of benzene rings is 1. The number of aromatic nitrogens is 2. The zero-order chi connectivity index (χ0) is 11.7. The first kappa shape index (κ1) is 10.4. The van der Waals surface area contributed by atoms with Crippen LogP contribution in [0.15, 0.2) is 54.7 Å². The van der Waals surface area contributed by atoms with Crippen molar-refractivity contribution in [1.82, 2.24) is 9.38 Å². The van der Waals surface area contributed by atoms with E-state index in [1.54, 1.807) is 0 Å². The summed E-state index contributed by atoms with van der Waals surface area (Å²) in [6.45, 7) is 0. The molecular weight excluding hydrogens is 232 g/mol. The Morgan fingerprint density at radius 2 is 1.76 bits per heavy atom. The molecule has 0 atom stereocenters. The Labute approximate surface area is 104 Å². The number of hydrogen-bond donors (Lipinski definition) is 0. The van der Waals surface area contributed by atoms with Crippen LogP contribution in [0.4, 0.5) is 0 Å². The number of nitrogens with zero attached hydrogens (tertiary/aromatic N) is 2. The maximum absolute atomic E-state index is 5.93. The summed E-state index contributed by atoms with van der Waals surface area (Å²) in [5.41, 5.74) is 3.09. The van der Waals surface area contributed by atoms with Crippen LogP contribution in [0.3, 0.4) is 0 Å². The van der Waals surface area contributed by atoms with Crippen LogP contribution in [-0.2, 0) is 5.88 Å². The summed E-state index contributed by atoms with van der Waals surface area (Å²) >= 11 is 5.93. The lowest BCUT2D eigenvalue weighted by Crippen LogP contribution is -1.87. The summed E-state index contributed by atoms with van der Waals surface area (Å²) in [6.07, 6.45) is 2.01. The van der Waals surface area contributed by atoms with Crippen LogP contribution in [0, 0.1) is 0 Å². The van der Waals surface area contributed by atoms with E-state index in [4.69, 9.17) is 11.6 Å². The maximum Gasteiger partial charge on any atom is 0.144 e. The van der Waals surface area contributed by atoms with Crippen LogP contribution in [0.1, 0.15) is 5.69 Å². The highest BCUT2D eigenvalue weighted by molar-refractivity contribution is 6.17. The summed E-state index contributed by atoms with van der Waals surface area (Å²) in [4.78, 5) is 4.61. The van der Waals surface area contributed by atoms with Crippen molar-refractivity contribution in [2.75, 3.05) is 0 Å². The summed E-state index contributed by atoms with van der Waals surface area (Å²) in [5.74, 6) is 1.37. The zero-order valence-electron chi connectivity index (χ0n) is 9.18. The highest BCUT2D eigenvalue weighted by Crippen LogP contribution is 2.23. The van der Waals surface area contributed by atoms with Gasteiger partial charge in [0, 0.05) is 11.8 Å². The molecule has 0 aliphatic heterocycles. The number of pyridine rings is 1. The smallest absolute Gasteiger partial charge is 0.144 e. The predicted molar refractivity (Wildman–Crippen MR) is 70.2 cm³/mol. The standard InChI is InChI=1S/C14H11ClN2/c15-10-12-13-8-4-5-9-17(13)14(16-12)11-6-2-1-3-7-11/h1-9H,10H2. The Bertz CT molecular complexity index is 644. The van der Waals surface area contributed by atoms with Gasteiger partial charge in [-0.25, -0.2) is 4.98 Å². The van der Waals surface area contributed by atoms with Crippen LogP contribution >= 0.6 is 11.6 Å². The van der Waals surface area contributed by atoms with Crippen LogP contribution in [0.25, 0.3) is 16.9 Å². The van der Waals surface area contributed by atoms with E-state index in [0.717, 1.165) is 22.6 Å². The fraction of sp³-hybridized carbons (Fsp3) is 0.0714. The quantitative estimate of drug-likeness (QED) is 0.626. The first-order chi connectivity index (χ1) is 8.40. The van der Waals surface area contributed by atoms with Gasteiger partial charge in [-0.2, -0.15) is 0 Å². The molecule has 0 aliphatic carbocycles. The number of rotatable bonds is 2. The normalized spacial score (nSPS) is 10.9. The fourth-order valence-corrected chi connectivity index (χ4v) is 2.19. The van der Waals surface area contributed by atoms with Crippen LogP contribution < -0.4 is 0 Å². The third kappa shape index (κ3) is 1.71. The van der Waals surface area contributed by atoms with Gasteiger partial charge in [-0.15, -0.1) is 11.6 Å². The second kappa shape index (κ2) is 4.22. The number of fused-ring (bicyclic) bond motifs is 1. The van der Waals surface area contributed by atoms with E-state index in [2.05, 4.69) is 21.5 Å². The van der Waals surface area contributed by atoms with Crippen LogP contribution in [0.5, 0.6) is 0 Å². The van der Waals surface area contributed by atoms with Crippen LogP contribution in [-0.4, -0.2) is 9.38 Å². The summed E-state index contributed by atoms with van der Waals surface area (Å²) in [6, 6.07) is 16.2. The van der Waals surface area contributed by atoms with E-state index in [-0.39, 0.29) is 0 Å². The third-order valence-electron chi connectivity index (χ3n) is 2.78. The predicted octanol–water partition coefficient (Wildman–Crippen LogP) is 3.74. The molecule has 2 heterocycles. The lowest BCUT2D eigenvalue weighted by molar-refractivity contribution is 1.16. The van der Waals surface area contributed by atoms with Crippen molar-refractivity contribution in [3.63, 3.8) is 0 Å². The molecule has 0 unspecified atom stereocenters. The Hall–Kier alpha value is -1.80. The van der Waals surface area contributed by atoms with E-state index >= 15 is 0 Å². The Kier molecular flexibility index (Phi) is 2.57. The van der Waals surface area contributed by atoms with Gasteiger partial charge in [0.1, 0.15) is 5.82 Å². The molecule has 3 rings (SSSR count). The van der Waals surface area contributed by atoms with Gasteiger partial charge in [-0.3, -0.25) is 4.40 Å². The van der Waals surface area contributed by atoms with Crippen molar-refractivity contribution >= 4 is 17.1 Å². The molecule has 0 amide bonds. The monoisotopic (exact) mass is 242 g/mol. The molecule has 0 N–H and O–H groups in total. The summed E-state index contributed by atoms with van der Waals surface area (Å²) in [5, 5.41) is 0. The molecule has 1 aromatic carbocycles. The third-order valence-corrected chi connectivity index (χ3v) is 3.04. The van der Waals surface area contributed by atoms with Gasteiger partial charge in [0.25, 0.3) is 0 Å². The SMILES string of the molecule is ClCc1nc(-c2ccccc2)n2ccccc12. The van der Waals surface area contributed by atoms with Crippen molar-refractivity contribution < 1.29 is 0 Å². The molecule has 0 radical (unpaired) electrons.